The van der Waals surface area contributed by atoms with E-state index in [-0.39, 0.29) is 23.6 Å². The van der Waals surface area contributed by atoms with E-state index < -0.39 is 17.2 Å². The molecule has 0 radical (unpaired) electrons. The van der Waals surface area contributed by atoms with Crippen molar-refractivity contribution in [2.45, 2.75) is 18.9 Å². The van der Waals surface area contributed by atoms with Crippen molar-refractivity contribution >= 4 is 28.7 Å². The van der Waals surface area contributed by atoms with Crippen LogP contribution in [0.3, 0.4) is 0 Å². The van der Waals surface area contributed by atoms with Gasteiger partial charge in [-0.25, -0.2) is 9.82 Å². The number of nitrogens with zero attached hydrogens (tertiary/aromatic N) is 4. The Morgan fingerprint density at radius 2 is 1.89 bits per heavy atom. The molecule has 2 fully saturated rings. The van der Waals surface area contributed by atoms with Crippen LogP contribution in [0.4, 0.5) is 10.1 Å². The zero-order valence-electron chi connectivity index (χ0n) is 19.4. The fourth-order valence-electron chi connectivity index (χ4n) is 4.54. The molecule has 1 aliphatic heterocycles. The average Bonchev–Trinajstić information content (AvgIpc) is 3.71. The van der Waals surface area contributed by atoms with Crippen LogP contribution in [0.25, 0.3) is 10.9 Å². The summed E-state index contributed by atoms with van der Waals surface area (Å²) in [4.78, 5) is 30.1. The first-order valence-corrected chi connectivity index (χ1v) is 11.9. The summed E-state index contributed by atoms with van der Waals surface area (Å²) in [5.41, 5.74) is 3.76. The smallest absolute Gasteiger partial charge is 0.276 e. The minimum atomic E-state index is -0.622. The minimum absolute atomic E-state index is 0.0561. The number of β-amino-alcohol motifs (C(OH)–C–C–N with tert-alkyl or cyclic N) is 1. The summed E-state index contributed by atoms with van der Waals surface area (Å²) >= 11 is 0. The zero-order chi connectivity index (χ0) is 24.4. The summed E-state index contributed by atoms with van der Waals surface area (Å²) in [6.45, 7) is 3.44. The lowest BCUT2D eigenvalue weighted by molar-refractivity contribution is 0.0953. The number of carbonyl (C=O) groups is 1. The highest BCUT2D eigenvalue weighted by atomic mass is 19.1. The first-order valence-electron chi connectivity index (χ1n) is 11.9. The summed E-state index contributed by atoms with van der Waals surface area (Å²) in [5.74, 6) is -1.10. The van der Waals surface area contributed by atoms with E-state index in [1.54, 1.807) is 12.3 Å². The molecule has 2 aliphatic rings. The Bertz CT molecular complexity index is 1310. The van der Waals surface area contributed by atoms with Gasteiger partial charge in [-0.15, -0.1) is 0 Å². The molecule has 0 unspecified atom stereocenters. The number of hydrazone groups is 1. The number of aliphatic hydroxyl groups excluding tert-OH is 1. The van der Waals surface area contributed by atoms with E-state index in [0.29, 0.717) is 30.8 Å². The van der Waals surface area contributed by atoms with E-state index in [1.807, 2.05) is 39.8 Å². The standard InChI is InChI=1S/C26H28FN5O3/c27-22-14-20-23(15-24(22)31-10-8-30(9-11-31)12-13-33)32(19-6-7-19)17-21(25(20)34)26(35)29-28-16-18-4-2-1-3-5-18/h1-5,14-17,19,33H,6-13H2,(H,29,35)/b28-16-. The van der Waals surface area contributed by atoms with E-state index in [0.717, 1.165) is 31.5 Å². The number of rotatable bonds is 7. The van der Waals surface area contributed by atoms with Gasteiger partial charge in [0.05, 0.1) is 24.0 Å². The summed E-state index contributed by atoms with van der Waals surface area (Å²) < 4.78 is 17.2. The molecule has 182 valence electrons. The van der Waals surface area contributed by atoms with E-state index in [1.165, 1.54) is 12.3 Å². The van der Waals surface area contributed by atoms with Gasteiger partial charge in [-0.2, -0.15) is 5.10 Å². The first-order chi connectivity index (χ1) is 17.0. The SMILES string of the molecule is O=C(N/N=C\c1ccccc1)c1cn(C2CC2)c2cc(N3CCN(CCO)CC3)c(F)cc2c1=O. The molecule has 1 saturated carbocycles. The lowest BCUT2D eigenvalue weighted by Crippen LogP contribution is -2.47. The Labute approximate surface area is 202 Å². The molecule has 3 aromatic rings. The lowest BCUT2D eigenvalue weighted by atomic mass is 10.1. The van der Waals surface area contributed by atoms with Crippen molar-refractivity contribution in [3.05, 3.63) is 75.8 Å². The van der Waals surface area contributed by atoms with Crippen LogP contribution in [0, 0.1) is 5.82 Å². The molecule has 1 amide bonds. The van der Waals surface area contributed by atoms with E-state index in [4.69, 9.17) is 5.11 Å². The molecule has 1 aliphatic carbocycles. The Morgan fingerprint density at radius 3 is 2.57 bits per heavy atom. The monoisotopic (exact) mass is 477 g/mol. The van der Waals surface area contributed by atoms with Gasteiger partial charge in [0.25, 0.3) is 5.91 Å². The molecule has 0 spiro atoms. The number of carbonyl (C=O) groups excluding carboxylic acids is 1. The second-order valence-electron chi connectivity index (χ2n) is 8.99. The van der Waals surface area contributed by atoms with Crippen LogP contribution in [-0.4, -0.2) is 66.0 Å². The van der Waals surface area contributed by atoms with Gasteiger partial charge in [-0.05, 0) is 30.5 Å². The molecule has 1 saturated heterocycles. The van der Waals surface area contributed by atoms with Crippen molar-refractivity contribution in [2.75, 3.05) is 44.2 Å². The van der Waals surface area contributed by atoms with Crippen LogP contribution in [-0.2, 0) is 0 Å². The van der Waals surface area contributed by atoms with Gasteiger partial charge in [0.2, 0.25) is 5.43 Å². The molecule has 0 bridgehead atoms. The number of nitrogens with one attached hydrogen (secondary N) is 1. The van der Waals surface area contributed by atoms with Crippen molar-refractivity contribution in [2.24, 2.45) is 5.10 Å². The van der Waals surface area contributed by atoms with Crippen LogP contribution in [0.5, 0.6) is 0 Å². The first kappa shape index (κ1) is 23.2. The molecule has 5 rings (SSSR count). The number of fused-ring (bicyclic) bond motifs is 1. The van der Waals surface area contributed by atoms with Gasteiger partial charge >= 0.3 is 0 Å². The number of amides is 1. The van der Waals surface area contributed by atoms with Crippen molar-refractivity contribution in [3.63, 3.8) is 0 Å². The van der Waals surface area contributed by atoms with Crippen LogP contribution < -0.4 is 15.8 Å². The molecule has 2 aromatic carbocycles. The number of aliphatic hydroxyl groups is 1. The molecule has 2 heterocycles. The average molecular weight is 478 g/mol. The normalized spacial score (nSPS) is 16.8. The maximum atomic E-state index is 15.2. The van der Waals surface area contributed by atoms with Crippen LogP contribution in [0.2, 0.25) is 0 Å². The number of aromatic nitrogens is 1. The van der Waals surface area contributed by atoms with Gasteiger partial charge in [0, 0.05) is 50.3 Å². The highest BCUT2D eigenvalue weighted by molar-refractivity contribution is 5.98. The number of pyridine rings is 1. The van der Waals surface area contributed by atoms with Crippen LogP contribution >= 0.6 is 0 Å². The van der Waals surface area contributed by atoms with Crippen molar-refractivity contribution < 1.29 is 14.3 Å². The lowest BCUT2D eigenvalue weighted by Gasteiger charge is -2.36. The Morgan fingerprint density at radius 1 is 1.14 bits per heavy atom. The largest absolute Gasteiger partial charge is 0.395 e. The summed E-state index contributed by atoms with van der Waals surface area (Å²) in [7, 11) is 0. The van der Waals surface area contributed by atoms with Crippen molar-refractivity contribution in [3.8, 4) is 0 Å². The van der Waals surface area contributed by atoms with Gasteiger partial charge in [0.1, 0.15) is 11.4 Å². The highest BCUT2D eigenvalue weighted by Crippen LogP contribution is 2.38. The summed E-state index contributed by atoms with van der Waals surface area (Å²) in [5, 5.41) is 13.3. The van der Waals surface area contributed by atoms with E-state index in [2.05, 4.69) is 15.4 Å². The highest BCUT2D eigenvalue weighted by Gasteiger charge is 2.28. The number of halogens is 1. The third-order valence-corrected chi connectivity index (χ3v) is 6.59. The second kappa shape index (κ2) is 9.97. The number of benzene rings is 2. The molecule has 8 nitrogen and oxygen atoms in total. The molecule has 35 heavy (non-hydrogen) atoms. The number of hydrogen-bond acceptors (Lipinski definition) is 6. The summed E-state index contributed by atoms with van der Waals surface area (Å²) in [6.07, 6.45) is 4.97. The zero-order valence-corrected chi connectivity index (χ0v) is 19.4. The Kier molecular flexibility index (Phi) is 6.61. The predicted molar refractivity (Wildman–Crippen MR) is 134 cm³/mol. The van der Waals surface area contributed by atoms with Crippen LogP contribution in [0.15, 0.2) is 58.6 Å². The minimum Gasteiger partial charge on any atom is -0.395 e. The van der Waals surface area contributed by atoms with Crippen molar-refractivity contribution in [1.82, 2.24) is 14.9 Å². The molecule has 2 N–H and O–H groups in total. The topological polar surface area (TPSA) is 90.2 Å². The fourth-order valence-corrected chi connectivity index (χ4v) is 4.54. The maximum absolute atomic E-state index is 15.2. The second-order valence-corrected chi connectivity index (χ2v) is 8.99. The quantitative estimate of drug-likeness (QED) is 0.403. The third kappa shape index (κ3) is 4.96. The number of hydrogen-bond donors (Lipinski definition) is 2. The molecular formula is C26H28FN5O3. The van der Waals surface area contributed by atoms with Crippen LogP contribution in [0.1, 0.15) is 34.8 Å². The molecule has 1 aromatic heterocycles. The van der Waals surface area contributed by atoms with Gasteiger partial charge < -0.3 is 14.6 Å². The molecule has 9 heteroatoms. The van der Waals surface area contributed by atoms with Gasteiger partial charge in [-0.3, -0.25) is 14.5 Å². The fraction of sp³-hybridized carbons (Fsp3) is 0.346. The Balaban J connectivity index is 1.45. The predicted octanol–water partition coefficient (Wildman–Crippen LogP) is 2.35. The van der Waals surface area contributed by atoms with Gasteiger partial charge in [-0.1, -0.05) is 30.3 Å². The maximum Gasteiger partial charge on any atom is 0.276 e. The molecule has 0 atom stereocenters. The Hall–Kier alpha value is -3.56. The van der Waals surface area contributed by atoms with E-state index >= 15 is 4.39 Å². The number of piperazine rings is 1. The van der Waals surface area contributed by atoms with Crippen molar-refractivity contribution in [1.29, 1.82) is 0 Å². The van der Waals surface area contributed by atoms with Gasteiger partial charge in [0.15, 0.2) is 0 Å². The molecular weight excluding hydrogens is 449 g/mol. The number of anilines is 1. The third-order valence-electron chi connectivity index (χ3n) is 6.59. The van der Waals surface area contributed by atoms with E-state index in [9.17, 15) is 9.59 Å². The summed E-state index contributed by atoms with van der Waals surface area (Å²) in [6, 6.07) is 12.5.